The van der Waals surface area contributed by atoms with Gasteiger partial charge in [0.05, 0.1) is 27.2 Å². The van der Waals surface area contributed by atoms with E-state index in [0.29, 0.717) is 35.7 Å². The number of benzene rings is 1. The maximum Gasteiger partial charge on any atom is 0.203 e. The van der Waals surface area contributed by atoms with Gasteiger partial charge in [0.2, 0.25) is 5.75 Å². The lowest BCUT2D eigenvalue weighted by atomic mass is 9.82. The highest BCUT2D eigenvalue weighted by atomic mass is 16.5. The van der Waals surface area contributed by atoms with Crippen molar-refractivity contribution in [3.05, 3.63) is 17.7 Å². The molecule has 21 heavy (non-hydrogen) atoms. The van der Waals surface area contributed by atoms with Crippen LogP contribution in [0.1, 0.15) is 36.0 Å². The second kappa shape index (κ2) is 6.61. The van der Waals surface area contributed by atoms with Gasteiger partial charge in [-0.3, -0.25) is 9.59 Å². The molecule has 0 N–H and O–H groups in total. The molecule has 114 valence electrons. The Balaban J connectivity index is 2.39. The van der Waals surface area contributed by atoms with E-state index < -0.39 is 5.92 Å². The van der Waals surface area contributed by atoms with Crippen LogP contribution in [0.2, 0.25) is 0 Å². The van der Waals surface area contributed by atoms with Gasteiger partial charge in [-0.05, 0) is 25.0 Å². The molecule has 1 saturated carbocycles. The largest absolute Gasteiger partial charge is 0.493 e. The lowest BCUT2D eigenvalue weighted by Gasteiger charge is -2.20. The molecular formula is C16H20O5. The summed E-state index contributed by atoms with van der Waals surface area (Å²) in [5, 5.41) is 0. The number of rotatable bonds is 5. The van der Waals surface area contributed by atoms with Crippen molar-refractivity contribution in [2.75, 3.05) is 21.3 Å². The van der Waals surface area contributed by atoms with E-state index >= 15 is 0 Å². The van der Waals surface area contributed by atoms with Crippen LogP contribution in [0.15, 0.2) is 12.1 Å². The van der Waals surface area contributed by atoms with Crippen molar-refractivity contribution < 1.29 is 23.8 Å². The lowest BCUT2D eigenvalue weighted by Crippen LogP contribution is -2.27. The normalized spacial score (nSPS) is 18.2. The molecule has 0 bridgehead atoms. The first-order valence-corrected chi connectivity index (χ1v) is 6.99. The van der Waals surface area contributed by atoms with Crippen LogP contribution in [-0.2, 0) is 4.79 Å². The maximum atomic E-state index is 12.6. The Kier molecular flexibility index (Phi) is 4.83. The Hall–Kier alpha value is -2.04. The summed E-state index contributed by atoms with van der Waals surface area (Å²) in [5.41, 5.74) is 0.421. The molecule has 1 aromatic carbocycles. The first kappa shape index (κ1) is 15.4. The molecule has 0 aliphatic heterocycles. The van der Waals surface area contributed by atoms with Crippen molar-refractivity contribution in [1.29, 1.82) is 0 Å². The Morgan fingerprint density at radius 2 is 1.67 bits per heavy atom. The third kappa shape index (κ3) is 3.01. The number of ketones is 2. The fourth-order valence-electron chi connectivity index (χ4n) is 2.68. The van der Waals surface area contributed by atoms with Gasteiger partial charge >= 0.3 is 0 Å². The predicted molar refractivity (Wildman–Crippen MR) is 77.4 cm³/mol. The van der Waals surface area contributed by atoms with Gasteiger partial charge in [0.15, 0.2) is 17.3 Å². The van der Waals surface area contributed by atoms with Crippen LogP contribution in [0, 0.1) is 5.92 Å². The molecule has 0 spiro atoms. The molecule has 2 rings (SSSR count). The topological polar surface area (TPSA) is 61.8 Å². The Labute approximate surface area is 124 Å². The molecule has 0 saturated heterocycles. The van der Waals surface area contributed by atoms with Crippen LogP contribution >= 0.6 is 0 Å². The number of ether oxygens (including phenoxy) is 3. The quantitative estimate of drug-likeness (QED) is 0.616. The molecule has 1 aliphatic rings. The van der Waals surface area contributed by atoms with Gasteiger partial charge in [-0.1, -0.05) is 6.42 Å². The number of hydrogen-bond donors (Lipinski definition) is 0. The summed E-state index contributed by atoms with van der Waals surface area (Å²) >= 11 is 0. The SMILES string of the molecule is COc1cc(C(=O)C2CCCCC2=O)cc(OC)c1OC. The second-order valence-electron chi connectivity index (χ2n) is 5.04. The van der Waals surface area contributed by atoms with Crippen molar-refractivity contribution in [1.82, 2.24) is 0 Å². The van der Waals surface area contributed by atoms with E-state index in [-0.39, 0.29) is 11.6 Å². The molecule has 1 aliphatic carbocycles. The molecule has 0 radical (unpaired) electrons. The number of methoxy groups -OCH3 is 3. The van der Waals surface area contributed by atoms with E-state index in [1.54, 1.807) is 12.1 Å². The molecule has 1 unspecified atom stereocenters. The Bertz CT molecular complexity index is 525. The summed E-state index contributed by atoms with van der Waals surface area (Å²) in [4.78, 5) is 24.5. The van der Waals surface area contributed by atoms with Crippen molar-refractivity contribution in [3.8, 4) is 17.2 Å². The first-order valence-electron chi connectivity index (χ1n) is 6.99. The van der Waals surface area contributed by atoms with Gasteiger partial charge in [-0.2, -0.15) is 0 Å². The standard InChI is InChI=1S/C16H20O5/c1-19-13-8-10(9-14(20-2)16(13)21-3)15(18)11-6-4-5-7-12(11)17/h8-9,11H,4-7H2,1-3H3. The van der Waals surface area contributed by atoms with Crippen molar-refractivity contribution in [2.45, 2.75) is 25.7 Å². The molecule has 5 nitrogen and oxygen atoms in total. The van der Waals surface area contributed by atoms with E-state index in [1.165, 1.54) is 21.3 Å². The average Bonchev–Trinajstić information content (AvgIpc) is 2.53. The molecule has 0 heterocycles. The molecular weight excluding hydrogens is 272 g/mol. The highest BCUT2D eigenvalue weighted by molar-refractivity contribution is 6.11. The number of carbonyl (C=O) groups excluding carboxylic acids is 2. The molecule has 1 fully saturated rings. The molecule has 0 amide bonds. The minimum Gasteiger partial charge on any atom is -0.493 e. The molecule has 1 atom stereocenters. The number of Topliss-reactive ketones (excluding diaryl/α,β-unsaturated/α-hetero) is 2. The van der Waals surface area contributed by atoms with Crippen molar-refractivity contribution in [2.24, 2.45) is 5.92 Å². The first-order chi connectivity index (χ1) is 10.1. The zero-order valence-corrected chi connectivity index (χ0v) is 12.6. The van der Waals surface area contributed by atoms with Crippen LogP contribution < -0.4 is 14.2 Å². The highest BCUT2D eigenvalue weighted by Gasteiger charge is 2.30. The smallest absolute Gasteiger partial charge is 0.203 e. The van der Waals surface area contributed by atoms with Gasteiger partial charge in [0, 0.05) is 12.0 Å². The van der Waals surface area contributed by atoms with Crippen LogP contribution in [0.5, 0.6) is 17.2 Å². The van der Waals surface area contributed by atoms with Gasteiger partial charge < -0.3 is 14.2 Å². The number of carbonyl (C=O) groups is 2. The zero-order chi connectivity index (χ0) is 15.4. The third-order valence-electron chi connectivity index (χ3n) is 3.82. The summed E-state index contributed by atoms with van der Waals surface area (Å²) in [5.74, 6) is 0.596. The fraction of sp³-hybridized carbons (Fsp3) is 0.500. The van der Waals surface area contributed by atoms with E-state index in [9.17, 15) is 9.59 Å². The summed E-state index contributed by atoms with van der Waals surface area (Å²) < 4.78 is 15.7. The van der Waals surface area contributed by atoms with Crippen LogP contribution in [-0.4, -0.2) is 32.9 Å². The van der Waals surface area contributed by atoms with Gasteiger partial charge in [-0.25, -0.2) is 0 Å². The van der Waals surface area contributed by atoms with E-state index in [1.807, 2.05) is 0 Å². The van der Waals surface area contributed by atoms with Crippen molar-refractivity contribution in [3.63, 3.8) is 0 Å². The zero-order valence-electron chi connectivity index (χ0n) is 12.6. The van der Waals surface area contributed by atoms with Crippen LogP contribution in [0.25, 0.3) is 0 Å². The summed E-state index contributed by atoms with van der Waals surface area (Å²) in [6.07, 6.45) is 2.89. The summed E-state index contributed by atoms with van der Waals surface area (Å²) in [6, 6.07) is 3.21. The fourth-order valence-corrected chi connectivity index (χ4v) is 2.68. The van der Waals surface area contributed by atoms with Gasteiger partial charge in [0.1, 0.15) is 5.78 Å². The van der Waals surface area contributed by atoms with E-state index in [2.05, 4.69) is 0 Å². The van der Waals surface area contributed by atoms with Gasteiger partial charge in [-0.15, -0.1) is 0 Å². The Morgan fingerprint density at radius 3 is 2.14 bits per heavy atom. The summed E-state index contributed by atoms with van der Waals surface area (Å²) in [6.45, 7) is 0. The van der Waals surface area contributed by atoms with Gasteiger partial charge in [0.25, 0.3) is 0 Å². The predicted octanol–water partition coefficient (Wildman–Crippen LogP) is 2.65. The maximum absolute atomic E-state index is 12.6. The average molecular weight is 292 g/mol. The monoisotopic (exact) mass is 292 g/mol. The minimum absolute atomic E-state index is 0.0278. The van der Waals surface area contributed by atoms with E-state index in [0.717, 1.165) is 12.8 Å². The molecule has 1 aromatic rings. The molecule has 5 heteroatoms. The van der Waals surface area contributed by atoms with Crippen molar-refractivity contribution >= 4 is 11.6 Å². The van der Waals surface area contributed by atoms with Crippen LogP contribution in [0.3, 0.4) is 0 Å². The van der Waals surface area contributed by atoms with Crippen LogP contribution in [0.4, 0.5) is 0 Å². The summed E-state index contributed by atoms with van der Waals surface area (Å²) in [7, 11) is 4.50. The molecule has 0 aromatic heterocycles. The second-order valence-corrected chi connectivity index (χ2v) is 5.04. The Morgan fingerprint density at radius 1 is 1.05 bits per heavy atom. The lowest BCUT2D eigenvalue weighted by molar-refractivity contribution is -0.122. The number of hydrogen-bond acceptors (Lipinski definition) is 5. The van der Waals surface area contributed by atoms with E-state index in [4.69, 9.17) is 14.2 Å². The highest BCUT2D eigenvalue weighted by Crippen LogP contribution is 2.39. The minimum atomic E-state index is -0.540. The third-order valence-corrected chi connectivity index (χ3v) is 3.82.